The maximum absolute atomic E-state index is 14.1. The molecule has 3 heterocycles. The molecule has 4 aromatic rings. The first-order chi connectivity index (χ1) is 17.9. The standard InChI is InChI=1S/C28H23FN4O3S/c29-21-5-7-22(8-6-21)33-26-15-20-4-9-24(37(35,36)23-10-13-30-14-11-23)17-28(20,16-19(26)18-32-33)27(34)25-3-1-2-12-31-25/h1-3,5-8,10-15,18,24H,4,9,16-17H2/t24-,28-/m0/s1. The van der Waals surface area contributed by atoms with Crippen molar-refractivity contribution in [2.24, 2.45) is 5.41 Å². The lowest BCUT2D eigenvalue weighted by molar-refractivity contribution is 0.0796. The van der Waals surface area contributed by atoms with E-state index in [2.05, 4.69) is 15.1 Å². The molecule has 2 aliphatic rings. The van der Waals surface area contributed by atoms with Crippen LogP contribution in [0.2, 0.25) is 0 Å². The average Bonchev–Trinajstić information content (AvgIpc) is 3.34. The number of carbonyl (C=O) groups is 1. The predicted molar refractivity (Wildman–Crippen MR) is 135 cm³/mol. The average molecular weight is 515 g/mol. The molecular weight excluding hydrogens is 491 g/mol. The molecule has 186 valence electrons. The molecule has 3 aromatic heterocycles. The fourth-order valence-corrected chi connectivity index (χ4v) is 7.40. The molecule has 0 bridgehead atoms. The minimum absolute atomic E-state index is 0.153. The van der Waals surface area contributed by atoms with E-state index >= 15 is 0 Å². The molecule has 2 aliphatic carbocycles. The Morgan fingerprint density at radius 2 is 1.81 bits per heavy atom. The van der Waals surface area contributed by atoms with Gasteiger partial charge in [0.2, 0.25) is 0 Å². The molecule has 1 aromatic carbocycles. The van der Waals surface area contributed by atoms with E-state index in [1.165, 1.54) is 36.7 Å². The molecule has 37 heavy (non-hydrogen) atoms. The van der Waals surface area contributed by atoms with Crippen molar-refractivity contribution in [3.05, 3.63) is 108 Å². The van der Waals surface area contributed by atoms with Crippen LogP contribution in [-0.2, 0) is 16.3 Å². The maximum Gasteiger partial charge on any atom is 0.191 e. The van der Waals surface area contributed by atoms with E-state index in [0.717, 1.165) is 16.8 Å². The zero-order chi connectivity index (χ0) is 25.6. The first kappa shape index (κ1) is 23.4. The molecular formula is C28H23FN4O3S. The molecule has 1 saturated carbocycles. The molecule has 1 fully saturated rings. The van der Waals surface area contributed by atoms with Gasteiger partial charge in [-0.15, -0.1) is 0 Å². The Morgan fingerprint density at radius 1 is 1.03 bits per heavy atom. The number of nitrogens with zero attached hydrogens (tertiary/aromatic N) is 4. The summed E-state index contributed by atoms with van der Waals surface area (Å²) >= 11 is 0. The van der Waals surface area contributed by atoms with E-state index in [9.17, 15) is 17.6 Å². The molecule has 0 N–H and O–H groups in total. The minimum atomic E-state index is -3.68. The van der Waals surface area contributed by atoms with Crippen molar-refractivity contribution in [1.29, 1.82) is 0 Å². The van der Waals surface area contributed by atoms with Crippen LogP contribution in [0.1, 0.15) is 41.0 Å². The van der Waals surface area contributed by atoms with Crippen LogP contribution in [0, 0.1) is 11.2 Å². The molecule has 0 saturated heterocycles. The van der Waals surface area contributed by atoms with Crippen molar-refractivity contribution in [3.63, 3.8) is 0 Å². The summed E-state index contributed by atoms with van der Waals surface area (Å²) in [7, 11) is -3.68. The van der Waals surface area contributed by atoms with E-state index in [1.54, 1.807) is 47.4 Å². The highest BCUT2D eigenvalue weighted by atomic mass is 32.2. The number of ketones is 1. The second kappa shape index (κ2) is 8.85. The SMILES string of the molecule is O=C(c1ccccn1)[C@]12Cc3cnn(-c4ccc(F)cc4)c3C=C1CC[C@H](S(=O)(=O)c1ccncc1)C2. The Labute approximate surface area is 213 Å². The molecule has 7 nitrogen and oxygen atoms in total. The van der Waals surface area contributed by atoms with Gasteiger partial charge >= 0.3 is 0 Å². The van der Waals surface area contributed by atoms with Crippen LogP contribution in [0.15, 0.2) is 89.9 Å². The maximum atomic E-state index is 14.1. The van der Waals surface area contributed by atoms with Crippen LogP contribution in [0.4, 0.5) is 4.39 Å². The van der Waals surface area contributed by atoms with Crippen LogP contribution in [0.5, 0.6) is 0 Å². The second-order valence-electron chi connectivity index (χ2n) is 9.51. The number of Topliss-reactive ketones (excluding diaryl/α,β-unsaturated/α-hetero) is 1. The van der Waals surface area contributed by atoms with Gasteiger partial charge in [-0.2, -0.15) is 5.10 Å². The van der Waals surface area contributed by atoms with Gasteiger partial charge in [-0.25, -0.2) is 17.5 Å². The summed E-state index contributed by atoms with van der Waals surface area (Å²) in [6.45, 7) is 0. The number of aromatic nitrogens is 4. The second-order valence-corrected chi connectivity index (χ2v) is 11.7. The quantitative estimate of drug-likeness (QED) is 0.360. The van der Waals surface area contributed by atoms with Crippen molar-refractivity contribution in [2.45, 2.75) is 35.8 Å². The summed E-state index contributed by atoms with van der Waals surface area (Å²) in [5, 5.41) is 3.80. The molecule has 0 spiro atoms. The van der Waals surface area contributed by atoms with E-state index in [1.807, 2.05) is 6.08 Å². The van der Waals surface area contributed by atoms with Gasteiger partial charge in [-0.3, -0.25) is 14.8 Å². The topological polar surface area (TPSA) is 94.8 Å². The van der Waals surface area contributed by atoms with Crippen molar-refractivity contribution in [2.75, 3.05) is 0 Å². The number of rotatable bonds is 5. The fraction of sp³-hybridized carbons (Fsp3) is 0.214. The largest absolute Gasteiger partial charge is 0.291 e. The van der Waals surface area contributed by atoms with Crippen LogP contribution >= 0.6 is 0 Å². The number of fused-ring (bicyclic) bond motifs is 2. The third-order valence-corrected chi connectivity index (χ3v) is 9.65. The summed E-state index contributed by atoms with van der Waals surface area (Å²) in [5.41, 5.74) is 2.49. The first-order valence-corrected chi connectivity index (χ1v) is 13.6. The Kier molecular flexibility index (Phi) is 5.60. The number of pyridine rings is 2. The Bertz CT molecular complexity index is 1620. The lowest BCUT2D eigenvalue weighted by Crippen LogP contribution is -2.45. The number of allylic oxidation sites excluding steroid dienone is 1. The Balaban J connectivity index is 1.46. The van der Waals surface area contributed by atoms with Gasteiger partial charge in [-0.05, 0) is 85.9 Å². The van der Waals surface area contributed by atoms with E-state index in [4.69, 9.17) is 0 Å². The van der Waals surface area contributed by atoms with Crippen molar-refractivity contribution < 1.29 is 17.6 Å². The summed E-state index contributed by atoms with van der Waals surface area (Å²) in [4.78, 5) is 22.6. The zero-order valence-corrected chi connectivity index (χ0v) is 20.6. The van der Waals surface area contributed by atoms with Gasteiger partial charge in [0.05, 0.1) is 33.1 Å². The third kappa shape index (κ3) is 3.90. The highest BCUT2D eigenvalue weighted by molar-refractivity contribution is 7.92. The summed E-state index contributed by atoms with van der Waals surface area (Å²) in [6.07, 6.45) is 9.48. The number of carbonyl (C=O) groups excluding carboxylic acids is 1. The van der Waals surface area contributed by atoms with E-state index < -0.39 is 20.5 Å². The number of halogens is 1. The number of hydrogen-bond acceptors (Lipinski definition) is 6. The number of benzene rings is 1. The highest BCUT2D eigenvalue weighted by Crippen LogP contribution is 2.51. The molecule has 0 aliphatic heterocycles. The number of sulfone groups is 1. The fourth-order valence-electron chi connectivity index (χ4n) is 5.58. The smallest absolute Gasteiger partial charge is 0.191 e. The summed E-state index contributed by atoms with van der Waals surface area (Å²) in [5.74, 6) is -0.522. The molecule has 6 rings (SSSR count). The Morgan fingerprint density at radius 3 is 2.54 bits per heavy atom. The van der Waals surface area contributed by atoms with Gasteiger partial charge in [-0.1, -0.05) is 11.6 Å². The molecule has 9 heteroatoms. The van der Waals surface area contributed by atoms with Crippen LogP contribution in [0.25, 0.3) is 11.8 Å². The van der Waals surface area contributed by atoms with Gasteiger partial charge in [0.25, 0.3) is 0 Å². The van der Waals surface area contributed by atoms with Gasteiger partial charge < -0.3 is 0 Å². The van der Waals surface area contributed by atoms with Crippen molar-refractivity contribution in [3.8, 4) is 5.69 Å². The van der Waals surface area contributed by atoms with Gasteiger partial charge in [0.1, 0.15) is 11.5 Å². The van der Waals surface area contributed by atoms with E-state index in [-0.39, 0.29) is 22.9 Å². The first-order valence-electron chi connectivity index (χ1n) is 12.0. The van der Waals surface area contributed by atoms with Crippen LogP contribution in [0.3, 0.4) is 0 Å². The lowest BCUT2D eigenvalue weighted by atomic mass is 9.61. The molecule has 0 unspecified atom stereocenters. The predicted octanol–water partition coefficient (Wildman–Crippen LogP) is 4.64. The number of hydrogen-bond donors (Lipinski definition) is 0. The van der Waals surface area contributed by atoms with Crippen molar-refractivity contribution >= 4 is 21.7 Å². The highest BCUT2D eigenvalue weighted by Gasteiger charge is 2.52. The Hall–Kier alpha value is -3.98. The lowest BCUT2D eigenvalue weighted by Gasteiger charge is -2.43. The van der Waals surface area contributed by atoms with Crippen LogP contribution < -0.4 is 0 Å². The molecule has 0 radical (unpaired) electrons. The zero-order valence-electron chi connectivity index (χ0n) is 19.8. The molecule has 2 atom stereocenters. The molecule has 0 amide bonds. The normalized spacial score (nSPS) is 21.0. The van der Waals surface area contributed by atoms with Crippen molar-refractivity contribution in [1.82, 2.24) is 19.7 Å². The van der Waals surface area contributed by atoms with E-state index in [0.29, 0.717) is 30.6 Å². The monoisotopic (exact) mass is 514 g/mol. The van der Waals surface area contributed by atoms with Gasteiger partial charge in [0, 0.05) is 18.6 Å². The summed E-state index contributed by atoms with van der Waals surface area (Å²) in [6, 6.07) is 14.2. The van der Waals surface area contributed by atoms with Crippen LogP contribution in [-0.4, -0.2) is 39.2 Å². The minimum Gasteiger partial charge on any atom is -0.291 e. The summed E-state index contributed by atoms with van der Waals surface area (Å²) < 4.78 is 42.4. The third-order valence-electron chi connectivity index (χ3n) is 7.44. The van der Waals surface area contributed by atoms with Gasteiger partial charge in [0.15, 0.2) is 15.6 Å².